The first kappa shape index (κ1) is 64.4. The van der Waals surface area contributed by atoms with Gasteiger partial charge in [0.2, 0.25) is 0 Å². The molecule has 0 radical (unpaired) electrons. The summed E-state index contributed by atoms with van der Waals surface area (Å²) in [5.41, 5.74) is 0. The molecule has 6 nitrogen and oxygen atoms in total. The minimum absolute atomic E-state index is 0.0615. The van der Waals surface area contributed by atoms with Gasteiger partial charge in [-0.3, -0.25) is 14.4 Å². The summed E-state index contributed by atoms with van der Waals surface area (Å²) in [5, 5.41) is 0. The van der Waals surface area contributed by atoms with E-state index in [0.717, 1.165) is 63.7 Å². The highest BCUT2D eigenvalue weighted by Crippen LogP contribution is 2.18. The van der Waals surface area contributed by atoms with Crippen molar-refractivity contribution in [3.8, 4) is 0 Å². The van der Waals surface area contributed by atoms with Crippen LogP contribution in [0.2, 0.25) is 0 Å². The molecule has 6 heteroatoms. The van der Waals surface area contributed by atoms with Crippen molar-refractivity contribution in [2.45, 2.75) is 348 Å². The summed E-state index contributed by atoms with van der Waals surface area (Å²) >= 11 is 0. The topological polar surface area (TPSA) is 78.9 Å². The molecule has 0 saturated heterocycles. The Bertz CT molecular complexity index is 996. The van der Waals surface area contributed by atoms with Gasteiger partial charge in [0.15, 0.2) is 6.10 Å². The summed E-state index contributed by atoms with van der Waals surface area (Å²) in [4.78, 5) is 38.2. The number of hydrogen-bond acceptors (Lipinski definition) is 6. The lowest BCUT2D eigenvalue weighted by molar-refractivity contribution is -0.167. The first-order chi connectivity index (χ1) is 32.4. The highest BCUT2D eigenvalue weighted by atomic mass is 16.6. The maximum Gasteiger partial charge on any atom is 0.306 e. The van der Waals surface area contributed by atoms with E-state index in [2.05, 4.69) is 27.7 Å². The second kappa shape index (κ2) is 54.4. The summed E-state index contributed by atoms with van der Waals surface area (Å²) in [7, 11) is 0. The van der Waals surface area contributed by atoms with Crippen molar-refractivity contribution in [1.82, 2.24) is 0 Å². The maximum absolute atomic E-state index is 12.9. The number of unbranched alkanes of at least 4 members (excludes halogenated alkanes) is 42. The molecule has 0 unspecified atom stereocenters. The Morgan fingerprint density at radius 1 is 0.288 bits per heavy atom. The van der Waals surface area contributed by atoms with E-state index < -0.39 is 6.10 Å². The van der Waals surface area contributed by atoms with Crippen LogP contribution in [0, 0.1) is 5.92 Å². The van der Waals surface area contributed by atoms with Crippen LogP contribution in [0.15, 0.2) is 0 Å². The number of esters is 3. The molecule has 392 valence electrons. The van der Waals surface area contributed by atoms with Crippen molar-refractivity contribution in [2.24, 2.45) is 5.92 Å². The zero-order valence-electron chi connectivity index (χ0n) is 45.2. The van der Waals surface area contributed by atoms with Gasteiger partial charge >= 0.3 is 17.9 Å². The van der Waals surface area contributed by atoms with Crippen LogP contribution in [0.25, 0.3) is 0 Å². The molecular formula is C60H116O6. The third kappa shape index (κ3) is 53.4. The minimum Gasteiger partial charge on any atom is -0.462 e. The van der Waals surface area contributed by atoms with E-state index in [-0.39, 0.29) is 31.1 Å². The monoisotopic (exact) mass is 933 g/mol. The van der Waals surface area contributed by atoms with E-state index in [1.165, 1.54) is 238 Å². The molecule has 1 atom stereocenters. The largest absolute Gasteiger partial charge is 0.462 e. The lowest BCUT2D eigenvalue weighted by Gasteiger charge is -2.18. The molecule has 0 aliphatic heterocycles. The second-order valence-electron chi connectivity index (χ2n) is 21.1. The van der Waals surface area contributed by atoms with Crippen LogP contribution in [0.1, 0.15) is 342 Å². The minimum atomic E-state index is -0.762. The van der Waals surface area contributed by atoms with Gasteiger partial charge in [-0.25, -0.2) is 0 Å². The normalized spacial score (nSPS) is 12.0. The summed E-state index contributed by atoms with van der Waals surface area (Å²) in [6.07, 6.45) is 59.5. The highest BCUT2D eigenvalue weighted by Gasteiger charge is 2.19. The molecule has 0 aromatic heterocycles. The molecule has 0 heterocycles. The van der Waals surface area contributed by atoms with Crippen molar-refractivity contribution < 1.29 is 28.6 Å². The summed E-state index contributed by atoms with van der Waals surface area (Å²) < 4.78 is 16.9. The number of carbonyl (C=O) groups is 3. The van der Waals surface area contributed by atoms with Gasteiger partial charge in [-0.05, 0) is 25.2 Å². The molecule has 0 spiro atoms. The SMILES string of the molecule is CCCCCCCCCCCCCCCCCCC(=O)OC[C@@H](COC(=O)CCCCCCCCCCCCCCCC)OC(=O)CCCCCCCCCCCCCCCCCC(C)C. The summed E-state index contributed by atoms with van der Waals surface area (Å²) in [6.45, 7) is 9.08. The molecule has 66 heavy (non-hydrogen) atoms. The molecule has 0 fully saturated rings. The average molecular weight is 934 g/mol. The van der Waals surface area contributed by atoms with Gasteiger partial charge in [0.25, 0.3) is 0 Å². The molecule has 0 N–H and O–H groups in total. The van der Waals surface area contributed by atoms with Gasteiger partial charge in [0.05, 0.1) is 0 Å². The van der Waals surface area contributed by atoms with Gasteiger partial charge in [-0.1, -0.05) is 304 Å². The Morgan fingerprint density at radius 3 is 0.742 bits per heavy atom. The van der Waals surface area contributed by atoms with E-state index in [0.29, 0.717) is 19.3 Å². The van der Waals surface area contributed by atoms with Crippen molar-refractivity contribution >= 4 is 17.9 Å². The highest BCUT2D eigenvalue weighted by molar-refractivity contribution is 5.71. The molecular weight excluding hydrogens is 817 g/mol. The molecule has 0 aliphatic carbocycles. The standard InChI is InChI=1S/C60H116O6/c1-5-7-9-11-13-15-17-19-21-24-28-32-36-40-44-48-52-59(62)65-55-57(54-64-58(61)51-47-43-39-35-31-27-20-18-16-14-12-10-8-6-2)66-60(63)53-49-45-41-37-33-29-25-22-23-26-30-34-38-42-46-50-56(3)4/h56-57H,5-55H2,1-4H3/t57-/m1/s1. The second-order valence-corrected chi connectivity index (χ2v) is 21.1. The first-order valence-corrected chi connectivity index (χ1v) is 29.9. The molecule has 0 aromatic carbocycles. The van der Waals surface area contributed by atoms with Gasteiger partial charge < -0.3 is 14.2 Å². The smallest absolute Gasteiger partial charge is 0.306 e. The Hall–Kier alpha value is -1.59. The van der Waals surface area contributed by atoms with Crippen LogP contribution >= 0.6 is 0 Å². The van der Waals surface area contributed by atoms with Crippen LogP contribution in [0.4, 0.5) is 0 Å². The third-order valence-electron chi connectivity index (χ3n) is 13.8. The van der Waals surface area contributed by atoms with E-state index in [9.17, 15) is 14.4 Å². The van der Waals surface area contributed by atoms with E-state index >= 15 is 0 Å². The Labute approximate surface area is 412 Å². The third-order valence-corrected chi connectivity index (χ3v) is 13.8. The predicted molar refractivity (Wildman–Crippen MR) is 284 cm³/mol. The molecule has 0 amide bonds. The molecule has 0 rings (SSSR count). The lowest BCUT2D eigenvalue weighted by Crippen LogP contribution is -2.30. The lowest BCUT2D eigenvalue weighted by atomic mass is 10.0. The van der Waals surface area contributed by atoms with Crippen LogP contribution in [0.3, 0.4) is 0 Å². The van der Waals surface area contributed by atoms with E-state index in [4.69, 9.17) is 14.2 Å². The molecule has 0 saturated carbocycles. The maximum atomic E-state index is 12.9. The van der Waals surface area contributed by atoms with Gasteiger partial charge in [-0.15, -0.1) is 0 Å². The van der Waals surface area contributed by atoms with Crippen LogP contribution in [-0.4, -0.2) is 37.2 Å². The van der Waals surface area contributed by atoms with Crippen LogP contribution in [0.5, 0.6) is 0 Å². The molecule has 0 aliphatic rings. The fraction of sp³-hybridized carbons (Fsp3) is 0.950. The summed E-state index contributed by atoms with van der Waals surface area (Å²) in [6, 6.07) is 0. The number of ether oxygens (including phenoxy) is 3. The van der Waals surface area contributed by atoms with Gasteiger partial charge in [0.1, 0.15) is 13.2 Å². The van der Waals surface area contributed by atoms with Crippen LogP contribution < -0.4 is 0 Å². The van der Waals surface area contributed by atoms with Crippen molar-refractivity contribution in [3.05, 3.63) is 0 Å². The fourth-order valence-corrected chi connectivity index (χ4v) is 9.28. The number of rotatable bonds is 55. The van der Waals surface area contributed by atoms with Crippen molar-refractivity contribution in [2.75, 3.05) is 13.2 Å². The van der Waals surface area contributed by atoms with Gasteiger partial charge in [-0.2, -0.15) is 0 Å². The summed E-state index contributed by atoms with van der Waals surface area (Å²) in [5.74, 6) is 0.0160. The van der Waals surface area contributed by atoms with Crippen LogP contribution in [-0.2, 0) is 28.6 Å². The Kier molecular flexibility index (Phi) is 53.0. The van der Waals surface area contributed by atoms with E-state index in [1.54, 1.807) is 0 Å². The zero-order chi connectivity index (χ0) is 48.1. The molecule has 0 bridgehead atoms. The fourth-order valence-electron chi connectivity index (χ4n) is 9.28. The Morgan fingerprint density at radius 2 is 0.500 bits per heavy atom. The molecule has 0 aromatic rings. The predicted octanol–water partition coefficient (Wildman–Crippen LogP) is 19.8. The quantitative estimate of drug-likeness (QED) is 0.0343. The zero-order valence-corrected chi connectivity index (χ0v) is 45.2. The average Bonchev–Trinajstić information content (AvgIpc) is 3.30. The Balaban J connectivity index is 4.29. The van der Waals surface area contributed by atoms with E-state index in [1.807, 2.05) is 0 Å². The van der Waals surface area contributed by atoms with Crippen molar-refractivity contribution in [3.63, 3.8) is 0 Å². The van der Waals surface area contributed by atoms with Crippen molar-refractivity contribution in [1.29, 1.82) is 0 Å². The first-order valence-electron chi connectivity index (χ1n) is 29.9. The van der Waals surface area contributed by atoms with Gasteiger partial charge in [0, 0.05) is 19.3 Å². The number of carbonyl (C=O) groups excluding carboxylic acids is 3. The number of hydrogen-bond donors (Lipinski definition) is 0.